The molecule has 0 radical (unpaired) electrons. The molecule has 0 spiro atoms. The van der Waals surface area contributed by atoms with Gasteiger partial charge in [0.2, 0.25) is 5.75 Å². The molecule has 1 aliphatic rings. The quantitative estimate of drug-likeness (QED) is 0.633. The van der Waals surface area contributed by atoms with E-state index >= 15 is 0 Å². The SMILES string of the molecule is Cc1c(Br)cc2c(c1[N+](=O)[O-])OCCNC2=O. The number of rotatable bonds is 1. The van der Waals surface area contributed by atoms with Crippen LogP contribution < -0.4 is 10.1 Å². The Morgan fingerprint density at radius 1 is 1.59 bits per heavy atom. The van der Waals surface area contributed by atoms with E-state index in [0.717, 1.165) is 0 Å². The number of nitrogens with one attached hydrogen (secondary N) is 1. The number of carbonyl (C=O) groups excluding carboxylic acids is 1. The first-order valence-corrected chi connectivity index (χ1v) is 5.70. The van der Waals surface area contributed by atoms with E-state index in [9.17, 15) is 14.9 Å². The van der Waals surface area contributed by atoms with Crippen LogP contribution in [0, 0.1) is 17.0 Å². The molecule has 1 aliphatic heterocycles. The van der Waals surface area contributed by atoms with Gasteiger partial charge in [-0.15, -0.1) is 0 Å². The maximum Gasteiger partial charge on any atom is 0.315 e. The lowest BCUT2D eigenvalue weighted by atomic mass is 10.1. The molecule has 1 aromatic rings. The largest absolute Gasteiger partial charge is 0.484 e. The molecule has 0 bridgehead atoms. The molecule has 1 amide bonds. The Kier molecular flexibility index (Phi) is 3.01. The number of benzene rings is 1. The molecule has 0 saturated carbocycles. The average molecular weight is 301 g/mol. The van der Waals surface area contributed by atoms with Gasteiger partial charge < -0.3 is 10.1 Å². The molecule has 7 heteroatoms. The van der Waals surface area contributed by atoms with Gasteiger partial charge in [-0.25, -0.2) is 0 Å². The molecule has 1 N–H and O–H groups in total. The van der Waals surface area contributed by atoms with Crippen LogP contribution in [0.2, 0.25) is 0 Å². The second-order valence-corrected chi connectivity index (χ2v) is 4.42. The summed E-state index contributed by atoms with van der Waals surface area (Å²) >= 11 is 3.21. The minimum atomic E-state index is -0.530. The maximum atomic E-state index is 11.7. The van der Waals surface area contributed by atoms with Crippen LogP contribution in [0.5, 0.6) is 5.75 Å². The molecule has 6 nitrogen and oxygen atoms in total. The van der Waals surface area contributed by atoms with E-state index < -0.39 is 4.92 Å². The summed E-state index contributed by atoms with van der Waals surface area (Å²) in [6, 6.07) is 1.54. The van der Waals surface area contributed by atoms with Gasteiger partial charge in [-0.05, 0) is 13.0 Å². The molecule has 0 aromatic heterocycles. The zero-order valence-electron chi connectivity index (χ0n) is 8.95. The van der Waals surface area contributed by atoms with Gasteiger partial charge in [0.15, 0.2) is 0 Å². The van der Waals surface area contributed by atoms with E-state index in [1.165, 1.54) is 0 Å². The van der Waals surface area contributed by atoms with Crippen molar-refractivity contribution in [2.24, 2.45) is 0 Å². The predicted octanol–water partition coefficient (Wildman–Crippen LogP) is 1.79. The molecule has 17 heavy (non-hydrogen) atoms. The van der Waals surface area contributed by atoms with E-state index in [4.69, 9.17) is 4.74 Å². The summed E-state index contributed by atoms with van der Waals surface area (Å²) in [5.41, 5.74) is 0.474. The number of amides is 1. The van der Waals surface area contributed by atoms with Crippen LogP contribution in [0.15, 0.2) is 10.5 Å². The Morgan fingerprint density at radius 3 is 2.94 bits per heavy atom. The monoisotopic (exact) mass is 300 g/mol. The summed E-state index contributed by atoms with van der Waals surface area (Å²) in [5, 5.41) is 13.6. The standard InChI is InChI=1S/C10H9BrN2O4/c1-5-7(11)4-6-9(8(5)13(15)16)17-3-2-12-10(6)14/h4H,2-3H2,1H3,(H,12,14). The number of fused-ring (bicyclic) bond motifs is 1. The van der Waals surface area contributed by atoms with Crippen molar-refractivity contribution in [3.63, 3.8) is 0 Å². The molecule has 2 rings (SSSR count). The molecule has 1 aromatic carbocycles. The van der Waals surface area contributed by atoms with E-state index in [-0.39, 0.29) is 29.5 Å². The zero-order chi connectivity index (χ0) is 12.6. The molecule has 90 valence electrons. The Morgan fingerprint density at radius 2 is 2.29 bits per heavy atom. The number of nitro groups is 1. The van der Waals surface area contributed by atoms with Gasteiger partial charge in [0.1, 0.15) is 6.61 Å². The minimum absolute atomic E-state index is 0.0469. The molecular weight excluding hydrogens is 292 g/mol. The predicted molar refractivity (Wildman–Crippen MR) is 63.4 cm³/mol. The third kappa shape index (κ3) is 1.97. The second kappa shape index (κ2) is 4.33. The fraction of sp³-hybridized carbons (Fsp3) is 0.300. The third-order valence-electron chi connectivity index (χ3n) is 2.51. The molecule has 0 aliphatic carbocycles. The minimum Gasteiger partial charge on any atom is -0.484 e. The second-order valence-electron chi connectivity index (χ2n) is 3.57. The molecule has 0 atom stereocenters. The highest BCUT2D eigenvalue weighted by atomic mass is 79.9. The Hall–Kier alpha value is -1.63. The van der Waals surface area contributed by atoms with Crippen molar-refractivity contribution < 1.29 is 14.5 Å². The molecule has 0 unspecified atom stereocenters. The zero-order valence-corrected chi connectivity index (χ0v) is 10.5. The summed E-state index contributed by atoms with van der Waals surface area (Å²) in [6.07, 6.45) is 0. The smallest absolute Gasteiger partial charge is 0.315 e. The number of hydrogen-bond donors (Lipinski definition) is 1. The highest BCUT2D eigenvalue weighted by molar-refractivity contribution is 9.10. The van der Waals surface area contributed by atoms with Crippen LogP contribution >= 0.6 is 15.9 Å². The fourth-order valence-corrected chi connectivity index (χ4v) is 2.08. The topological polar surface area (TPSA) is 81.5 Å². The molecular formula is C10H9BrN2O4. The van der Waals surface area contributed by atoms with Gasteiger partial charge in [-0.1, -0.05) is 15.9 Å². The van der Waals surface area contributed by atoms with Gasteiger partial charge in [0.25, 0.3) is 5.91 Å². The number of nitrogens with zero attached hydrogens (tertiary/aromatic N) is 1. The van der Waals surface area contributed by atoms with Crippen molar-refractivity contribution >= 4 is 27.5 Å². The highest BCUT2D eigenvalue weighted by Crippen LogP contribution is 2.39. The average Bonchev–Trinajstić information content (AvgIpc) is 2.43. The normalized spacial score (nSPS) is 14.4. The van der Waals surface area contributed by atoms with Crippen LogP contribution in [0.4, 0.5) is 5.69 Å². The summed E-state index contributed by atoms with van der Waals surface area (Å²) < 4.78 is 5.82. The fourth-order valence-electron chi connectivity index (χ4n) is 1.66. The maximum absolute atomic E-state index is 11.7. The number of halogens is 1. The molecule has 0 fully saturated rings. The van der Waals surface area contributed by atoms with Gasteiger partial charge in [-0.2, -0.15) is 0 Å². The van der Waals surface area contributed by atoms with E-state index in [2.05, 4.69) is 21.2 Å². The summed E-state index contributed by atoms with van der Waals surface area (Å²) in [7, 11) is 0. The van der Waals surface area contributed by atoms with Crippen LogP contribution in [0.1, 0.15) is 15.9 Å². The lowest BCUT2D eigenvalue weighted by Crippen LogP contribution is -2.24. The van der Waals surface area contributed by atoms with Crippen LogP contribution in [-0.4, -0.2) is 24.0 Å². The Labute approximate surface area is 105 Å². The van der Waals surface area contributed by atoms with Crippen molar-refractivity contribution in [1.29, 1.82) is 0 Å². The first-order chi connectivity index (χ1) is 8.02. The number of carbonyl (C=O) groups is 1. The van der Waals surface area contributed by atoms with Crippen molar-refractivity contribution in [1.82, 2.24) is 5.32 Å². The van der Waals surface area contributed by atoms with Crippen molar-refractivity contribution in [3.05, 3.63) is 31.8 Å². The van der Waals surface area contributed by atoms with Gasteiger partial charge in [0.05, 0.1) is 17.0 Å². The van der Waals surface area contributed by atoms with Crippen molar-refractivity contribution in [2.75, 3.05) is 13.2 Å². The van der Waals surface area contributed by atoms with E-state index in [1.54, 1.807) is 13.0 Å². The molecule has 1 heterocycles. The summed E-state index contributed by atoms with van der Waals surface area (Å²) in [5.74, 6) is -0.313. The van der Waals surface area contributed by atoms with Gasteiger partial charge in [0, 0.05) is 10.0 Å². The number of hydrogen-bond acceptors (Lipinski definition) is 4. The van der Waals surface area contributed by atoms with Crippen LogP contribution in [0.25, 0.3) is 0 Å². The van der Waals surface area contributed by atoms with Crippen molar-refractivity contribution in [2.45, 2.75) is 6.92 Å². The first kappa shape index (κ1) is 11.8. The summed E-state index contributed by atoms with van der Waals surface area (Å²) in [4.78, 5) is 22.2. The summed E-state index contributed by atoms with van der Waals surface area (Å²) in [6.45, 7) is 2.16. The third-order valence-corrected chi connectivity index (χ3v) is 3.33. The van der Waals surface area contributed by atoms with Crippen molar-refractivity contribution in [3.8, 4) is 5.75 Å². The lowest BCUT2D eigenvalue weighted by molar-refractivity contribution is -0.386. The van der Waals surface area contributed by atoms with E-state index in [1.807, 2.05) is 0 Å². The van der Waals surface area contributed by atoms with E-state index in [0.29, 0.717) is 16.6 Å². The lowest BCUT2D eigenvalue weighted by Gasteiger charge is -2.09. The Bertz CT molecular complexity index is 516. The van der Waals surface area contributed by atoms with Crippen LogP contribution in [0.3, 0.4) is 0 Å². The first-order valence-electron chi connectivity index (χ1n) is 4.91. The number of nitro benzene ring substituents is 1. The number of ether oxygens (including phenoxy) is 1. The highest BCUT2D eigenvalue weighted by Gasteiger charge is 2.29. The van der Waals surface area contributed by atoms with Gasteiger partial charge >= 0.3 is 5.69 Å². The Balaban J connectivity index is 2.74. The molecule has 0 saturated heterocycles. The van der Waals surface area contributed by atoms with Crippen LogP contribution in [-0.2, 0) is 0 Å². The van der Waals surface area contributed by atoms with Gasteiger partial charge in [-0.3, -0.25) is 14.9 Å².